The SMILES string of the molecule is C=C(C)C[C@@H]1C[C@@H](CO)O[C@H]1n1c(=O)sc2c(=O)[nH]c(N)nc21. The van der Waals surface area contributed by atoms with Crippen LogP contribution in [0.3, 0.4) is 0 Å². The summed E-state index contributed by atoms with van der Waals surface area (Å²) in [5.74, 6) is -0.0790. The van der Waals surface area contributed by atoms with Crippen molar-refractivity contribution in [3.63, 3.8) is 0 Å². The van der Waals surface area contributed by atoms with Gasteiger partial charge in [0, 0.05) is 5.92 Å². The highest BCUT2D eigenvalue weighted by Gasteiger charge is 2.38. The van der Waals surface area contributed by atoms with E-state index in [4.69, 9.17) is 10.5 Å². The van der Waals surface area contributed by atoms with Gasteiger partial charge in [-0.1, -0.05) is 16.9 Å². The normalized spacial score (nSPS) is 24.3. The van der Waals surface area contributed by atoms with Gasteiger partial charge in [-0.05, 0) is 19.8 Å². The van der Waals surface area contributed by atoms with Crippen LogP contribution in [0.5, 0.6) is 0 Å². The molecule has 124 valence electrons. The molecule has 0 radical (unpaired) electrons. The molecule has 0 spiro atoms. The molecule has 1 saturated heterocycles. The Bertz CT molecular complexity index is 868. The van der Waals surface area contributed by atoms with Crippen LogP contribution in [0.15, 0.2) is 21.7 Å². The number of ether oxygens (including phenoxy) is 1. The average Bonchev–Trinajstić information content (AvgIpc) is 2.99. The molecule has 0 unspecified atom stereocenters. The second-order valence-corrected chi connectivity index (χ2v) is 6.79. The molecular weight excluding hydrogens is 320 g/mol. The highest BCUT2D eigenvalue weighted by molar-refractivity contribution is 7.16. The van der Waals surface area contributed by atoms with E-state index in [0.717, 1.165) is 16.9 Å². The summed E-state index contributed by atoms with van der Waals surface area (Å²) in [4.78, 5) is 30.5. The molecule has 4 N–H and O–H groups in total. The van der Waals surface area contributed by atoms with E-state index in [9.17, 15) is 14.7 Å². The Balaban J connectivity index is 2.14. The molecule has 0 amide bonds. The number of allylic oxidation sites excluding steroid dienone is 1. The van der Waals surface area contributed by atoms with E-state index in [1.165, 1.54) is 4.57 Å². The zero-order valence-electron chi connectivity index (χ0n) is 12.6. The molecule has 3 atom stereocenters. The molecule has 0 saturated carbocycles. The smallest absolute Gasteiger partial charge is 0.311 e. The van der Waals surface area contributed by atoms with Crippen molar-refractivity contribution in [2.45, 2.75) is 32.1 Å². The number of H-pyrrole nitrogens is 1. The van der Waals surface area contributed by atoms with Gasteiger partial charge in [-0.3, -0.25) is 19.1 Å². The van der Waals surface area contributed by atoms with Crippen LogP contribution < -0.4 is 16.2 Å². The number of anilines is 1. The molecule has 1 fully saturated rings. The average molecular weight is 338 g/mol. The van der Waals surface area contributed by atoms with Crippen LogP contribution >= 0.6 is 11.3 Å². The molecule has 0 aromatic carbocycles. The molecule has 3 heterocycles. The Morgan fingerprint density at radius 3 is 3.00 bits per heavy atom. The maximum Gasteiger partial charge on any atom is 0.311 e. The molecule has 0 bridgehead atoms. The highest BCUT2D eigenvalue weighted by atomic mass is 32.1. The first-order valence-electron chi connectivity index (χ1n) is 7.22. The molecular formula is C14H18N4O4S. The topological polar surface area (TPSA) is 123 Å². The number of aromatic amines is 1. The Hall–Kier alpha value is -1.97. The quantitative estimate of drug-likeness (QED) is 0.701. The van der Waals surface area contributed by atoms with Crippen molar-refractivity contribution in [2.24, 2.45) is 5.92 Å². The summed E-state index contributed by atoms with van der Waals surface area (Å²) < 4.78 is 7.41. The van der Waals surface area contributed by atoms with E-state index < -0.39 is 11.8 Å². The summed E-state index contributed by atoms with van der Waals surface area (Å²) in [6, 6.07) is 0. The Kier molecular flexibility index (Phi) is 4.09. The van der Waals surface area contributed by atoms with Crippen molar-refractivity contribution in [3.05, 3.63) is 32.2 Å². The molecule has 3 rings (SSSR count). The van der Waals surface area contributed by atoms with E-state index >= 15 is 0 Å². The molecule has 23 heavy (non-hydrogen) atoms. The summed E-state index contributed by atoms with van der Waals surface area (Å²) >= 11 is 0.811. The number of nitrogen functional groups attached to an aromatic ring is 1. The van der Waals surface area contributed by atoms with E-state index in [2.05, 4.69) is 16.5 Å². The third-order valence-corrected chi connectivity index (χ3v) is 4.80. The van der Waals surface area contributed by atoms with E-state index in [-0.39, 0.29) is 39.8 Å². The fourth-order valence-electron chi connectivity index (χ4n) is 3.01. The lowest BCUT2D eigenvalue weighted by Crippen LogP contribution is -2.25. The summed E-state index contributed by atoms with van der Waals surface area (Å²) in [7, 11) is 0. The summed E-state index contributed by atoms with van der Waals surface area (Å²) in [5.41, 5.74) is 6.33. The highest BCUT2D eigenvalue weighted by Crippen LogP contribution is 2.38. The Morgan fingerprint density at radius 2 is 2.35 bits per heavy atom. The number of nitrogens with two attached hydrogens (primary N) is 1. The van der Waals surface area contributed by atoms with Crippen LogP contribution in [0.4, 0.5) is 5.95 Å². The maximum atomic E-state index is 12.4. The van der Waals surface area contributed by atoms with Crippen LogP contribution in [0, 0.1) is 5.92 Å². The number of nitrogens with zero attached hydrogens (tertiary/aromatic N) is 2. The fourth-order valence-corrected chi connectivity index (χ4v) is 3.85. The maximum absolute atomic E-state index is 12.4. The van der Waals surface area contributed by atoms with Gasteiger partial charge < -0.3 is 15.6 Å². The van der Waals surface area contributed by atoms with E-state index in [1.807, 2.05) is 6.92 Å². The summed E-state index contributed by atoms with van der Waals surface area (Å²) in [5, 5.41) is 9.38. The van der Waals surface area contributed by atoms with E-state index in [1.54, 1.807) is 0 Å². The lowest BCUT2D eigenvalue weighted by atomic mass is 9.96. The van der Waals surface area contributed by atoms with E-state index in [0.29, 0.717) is 12.8 Å². The first-order valence-corrected chi connectivity index (χ1v) is 8.04. The van der Waals surface area contributed by atoms with Gasteiger partial charge in [0.2, 0.25) is 5.95 Å². The second kappa shape index (κ2) is 5.91. The lowest BCUT2D eigenvalue weighted by molar-refractivity contribution is -0.0318. The lowest BCUT2D eigenvalue weighted by Gasteiger charge is -2.19. The van der Waals surface area contributed by atoms with Gasteiger partial charge in [0.25, 0.3) is 5.56 Å². The number of nitrogens with one attached hydrogen (secondary N) is 1. The first kappa shape index (κ1) is 15.9. The zero-order chi connectivity index (χ0) is 16.7. The van der Waals surface area contributed by atoms with Crippen molar-refractivity contribution < 1.29 is 9.84 Å². The number of rotatable bonds is 4. The number of thiazole rings is 1. The number of fused-ring (bicyclic) bond motifs is 1. The predicted octanol–water partition coefficient (Wildman–Crippen LogP) is 0.591. The fraction of sp³-hybridized carbons (Fsp3) is 0.500. The first-order chi connectivity index (χ1) is 10.9. The molecule has 0 aliphatic carbocycles. The largest absolute Gasteiger partial charge is 0.394 e. The summed E-state index contributed by atoms with van der Waals surface area (Å²) in [6.45, 7) is 5.68. The molecule has 1 aliphatic heterocycles. The molecule has 1 aliphatic rings. The predicted molar refractivity (Wildman–Crippen MR) is 87.4 cm³/mol. The third-order valence-electron chi connectivity index (χ3n) is 3.86. The number of aromatic nitrogens is 3. The number of aliphatic hydroxyl groups is 1. The van der Waals surface area contributed by atoms with Gasteiger partial charge in [-0.25, -0.2) is 0 Å². The second-order valence-electron chi connectivity index (χ2n) is 5.83. The van der Waals surface area contributed by atoms with Crippen molar-refractivity contribution in [1.82, 2.24) is 14.5 Å². The third kappa shape index (κ3) is 2.82. The Labute approximate surface area is 135 Å². The van der Waals surface area contributed by atoms with Crippen molar-refractivity contribution in [3.8, 4) is 0 Å². The molecule has 9 heteroatoms. The van der Waals surface area contributed by atoms with Crippen LogP contribution in [-0.4, -0.2) is 32.4 Å². The van der Waals surface area contributed by atoms with Gasteiger partial charge in [0.1, 0.15) is 10.9 Å². The van der Waals surface area contributed by atoms with Crippen LogP contribution in [0.1, 0.15) is 26.0 Å². The van der Waals surface area contributed by atoms with Crippen molar-refractivity contribution in [1.29, 1.82) is 0 Å². The molecule has 8 nitrogen and oxygen atoms in total. The number of aliphatic hydroxyl groups excluding tert-OH is 1. The number of hydrogen-bond donors (Lipinski definition) is 3. The monoisotopic (exact) mass is 338 g/mol. The minimum absolute atomic E-state index is 0.0255. The van der Waals surface area contributed by atoms with Gasteiger partial charge in [0.15, 0.2) is 5.65 Å². The van der Waals surface area contributed by atoms with Gasteiger partial charge in [0.05, 0.1) is 12.7 Å². The Morgan fingerprint density at radius 1 is 1.61 bits per heavy atom. The van der Waals surface area contributed by atoms with Gasteiger partial charge in [-0.15, -0.1) is 6.58 Å². The summed E-state index contributed by atoms with van der Waals surface area (Å²) in [6.07, 6.45) is 0.310. The van der Waals surface area contributed by atoms with Crippen molar-refractivity contribution >= 4 is 27.6 Å². The molecule has 2 aromatic heterocycles. The van der Waals surface area contributed by atoms with Crippen molar-refractivity contribution in [2.75, 3.05) is 12.3 Å². The van der Waals surface area contributed by atoms with Crippen LogP contribution in [-0.2, 0) is 4.74 Å². The van der Waals surface area contributed by atoms with Crippen LogP contribution in [0.2, 0.25) is 0 Å². The number of hydrogen-bond acceptors (Lipinski definition) is 7. The van der Waals surface area contributed by atoms with Crippen LogP contribution in [0.25, 0.3) is 10.3 Å². The molecule has 2 aromatic rings. The minimum atomic E-state index is -0.598. The minimum Gasteiger partial charge on any atom is -0.394 e. The zero-order valence-corrected chi connectivity index (χ0v) is 13.4. The standard InChI is InChI=1S/C14H18N4O4S/c1-6(2)3-7-4-8(5-19)22-12(7)18-10-9(23-14(18)21)11(20)17-13(15)16-10/h7-8,12,19H,1,3-5H2,2H3,(H3,15,16,17,20)/t7-,8+,12-/m1/s1. The van der Waals surface area contributed by atoms with Gasteiger partial charge >= 0.3 is 4.87 Å². The van der Waals surface area contributed by atoms with Gasteiger partial charge in [-0.2, -0.15) is 4.98 Å².